The lowest BCUT2D eigenvalue weighted by atomic mass is 10.2. The average Bonchev–Trinajstić information content (AvgIpc) is 2.27. The Hall–Kier alpha value is -2.39. The Kier molecular flexibility index (Phi) is 3.92. The second kappa shape index (κ2) is 5.08. The van der Waals surface area contributed by atoms with Crippen LogP contribution in [0.3, 0.4) is 0 Å². The molecule has 0 amide bonds. The molecule has 7 nitrogen and oxygen atoms in total. The average molecular weight is 280 g/mol. The standard InChI is InChI=1S/C9H7F3N2O5/c1-4-3-5(14(16)17)7(19-9(10,11)12)6(13-4)8(15)18-2/h3H,1-2H3. The van der Waals surface area contributed by atoms with Crippen molar-refractivity contribution in [3.05, 3.63) is 27.6 Å². The van der Waals surface area contributed by atoms with E-state index in [1.807, 2.05) is 0 Å². The zero-order chi connectivity index (χ0) is 14.8. The third-order valence-electron chi connectivity index (χ3n) is 1.87. The Morgan fingerprint density at radius 1 is 1.47 bits per heavy atom. The van der Waals surface area contributed by atoms with Crippen molar-refractivity contribution < 1.29 is 32.4 Å². The van der Waals surface area contributed by atoms with Crippen LogP contribution in [0.25, 0.3) is 0 Å². The molecule has 10 heteroatoms. The highest BCUT2D eigenvalue weighted by molar-refractivity contribution is 5.91. The van der Waals surface area contributed by atoms with Crippen LogP contribution in [0.1, 0.15) is 16.2 Å². The quantitative estimate of drug-likeness (QED) is 0.477. The Morgan fingerprint density at radius 2 is 2.05 bits per heavy atom. The van der Waals surface area contributed by atoms with Crippen molar-refractivity contribution in [1.82, 2.24) is 4.98 Å². The number of aryl methyl sites for hydroxylation is 1. The van der Waals surface area contributed by atoms with Crippen molar-refractivity contribution in [3.8, 4) is 5.75 Å². The van der Waals surface area contributed by atoms with Gasteiger partial charge in [0.05, 0.1) is 12.0 Å². The normalized spacial score (nSPS) is 11.0. The fourth-order valence-electron chi connectivity index (χ4n) is 1.23. The molecule has 0 saturated carbocycles. The molecule has 0 aliphatic carbocycles. The minimum atomic E-state index is -5.20. The minimum absolute atomic E-state index is 0.0263. The highest BCUT2D eigenvalue weighted by atomic mass is 19.4. The van der Waals surface area contributed by atoms with Crippen molar-refractivity contribution in [1.29, 1.82) is 0 Å². The number of alkyl halides is 3. The lowest BCUT2D eigenvalue weighted by Gasteiger charge is -2.12. The van der Waals surface area contributed by atoms with Crippen LogP contribution in [0.15, 0.2) is 6.07 Å². The number of nitro groups is 1. The van der Waals surface area contributed by atoms with E-state index >= 15 is 0 Å². The lowest BCUT2D eigenvalue weighted by molar-refractivity contribution is -0.388. The molecule has 1 heterocycles. The van der Waals surface area contributed by atoms with Gasteiger partial charge in [-0.05, 0) is 6.92 Å². The second-order valence-electron chi connectivity index (χ2n) is 3.26. The zero-order valence-electron chi connectivity index (χ0n) is 9.65. The first kappa shape index (κ1) is 14.7. The summed E-state index contributed by atoms with van der Waals surface area (Å²) in [7, 11) is 0.898. The fraction of sp³-hybridized carbons (Fsp3) is 0.333. The first-order valence-electron chi connectivity index (χ1n) is 4.66. The summed E-state index contributed by atoms with van der Waals surface area (Å²) >= 11 is 0. The van der Waals surface area contributed by atoms with Crippen LogP contribution in [0.4, 0.5) is 18.9 Å². The third kappa shape index (κ3) is 3.53. The van der Waals surface area contributed by atoms with Crippen molar-refractivity contribution in [2.45, 2.75) is 13.3 Å². The van der Waals surface area contributed by atoms with Crippen LogP contribution < -0.4 is 4.74 Å². The van der Waals surface area contributed by atoms with Gasteiger partial charge in [-0.1, -0.05) is 0 Å². The molecule has 0 fully saturated rings. The maximum Gasteiger partial charge on any atom is 0.573 e. The van der Waals surface area contributed by atoms with Gasteiger partial charge in [0.1, 0.15) is 0 Å². The highest BCUT2D eigenvalue weighted by Gasteiger charge is 2.38. The van der Waals surface area contributed by atoms with Gasteiger partial charge in [-0.25, -0.2) is 9.78 Å². The van der Waals surface area contributed by atoms with Crippen LogP contribution in [0.2, 0.25) is 0 Å². The van der Waals surface area contributed by atoms with E-state index in [0.29, 0.717) is 0 Å². The maximum absolute atomic E-state index is 12.2. The lowest BCUT2D eigenvalue weighted by Crippen LogP contribution is -2.21. The van der Waals surface area contributed by atoms with E-state index in [0.717, 1.165) is 13.2 Å². The molecule has 0 aliphatic heterocycles. The van der Waals surface area contributed by atoms with Gasteiger partial charge in [0.25, 0.3) is 0 Å². The van der Waals surface area contributed by atoms with Gasteiger partial charge in [0, 0.05) is 11.8 Å². The Balaban J connectivity index is 3.51. The molecule has 1 aromatic heterocycles. The van der Waals surface area contributed by atoms with Gasteiger partial charge in [0.2, 0.25) is 5.75 Å². The van der Waals surface area contributed by atoms with E-state index < -0.39 is 34.4 Å². The smallest absolute Gasteiger partial charge is 0.464 e. The van der Waals surface area contributed by atoms with Crippen molar-refractivity contribution in [2.75, 3.05) is 7.11 Å². The number of pyridine rings is 1. The third-order valence-corrected chi connectivity index (χ3v) is 1.87. The summed E-state index contributed by atoms with van der Waals surface area (Å²) in [6.45, 7) is 1.27. The van der Waals surface area contributed by atoms with Gasteiger partial charge in [-0.15, -0.1) is 13.2 Å². The first-order valence-corrected chi connectivity index (χ1v) is 4.66. The molecule has 0 unspecified atom stereocenters. The van der Waals surface area contributed by atoms with Gasteiger partial charge in [-0.2, -0.15) is 0 Å². The highest BCUT2D eigenvalue weighted by Crippen LogP contribution is 2.35. The molecule has 1 rings (SSSR count). The summed E-state index contributed by atoms with van der Waals surface area (Å²) in [4.78, 5) is 24.4. The van der Waals surface area contributed by atoms with Crippen LogP contribution in [-0.4, -0.2) is 29.3 Å². The largest absolute Gasteiger partial charge is 0.573 e. The summed E-state index contributed by atoms with van der Waals surface area (Å²) in [5.74, 6) is -2.57. The predicted molar refractivity (Wildman–Crippen MR) is 53.7 cm³/mol. The molecule has 1 aromatic rings. The van der Waals surface area contributed by atoms with E-state index in [2.05, 4.69) is 14.5 Å². The van der Waals surface area contributed by atoms with Gasteiger partial charge < -0.3 is 9.47 Å². The Bertz CT molecular complexity index is 529. The van der Waals surface area contributed by atoms with Crippen molar-refractivity contribution in [3.63, 3.8) is 0 Å². The number of hydrogen-bond donors (Lipinski definition) is 0. The number of hydrogen-bond acceptors (Lipinski definition) is 6. The van der Waals surface area contributed by atoms with E-state index in [9.17, 15) is 28.1 Å². The number of nitrogens with zero attached hydrogens (tertiary/aromatic N) is 2. The molecular formula is C9H7F3N2O5. The summed E-state index contributed by atoms with van der Waals surface area (Å²) in [6.07, 6.45) is -5.20. The number of esters is 1. The molecule has 0 atom stereocenters. The zero-order valence-corrected chi connectivity index (χ0v) is 9.65. The summed E-state index contributed by atoms with van der Waals surface area (Å²) in [5, 5.41) is 10.7. The number of aromatic nitrogens is 1. The van der Waals surface area contributed by atoms with E-state index in [1.165, 1.54) is 6.92 Å². The molecule has 0 radical (unpaired) electrons. The SMILES string of the molecule is COC(=O)c1nc(C)cc([N+](=O)[O-])c1OC(F)(F)F. The molecule has 0 saturated heterocycles. The first-order chi connectivity index (χ1) is 8.65. The second-order valence-corrected chi connectivity index (χ2v) is 3.26. The predicted octanol–water partition coefficient (Wildman–Crippen LogP) is 1.98. The number of methoxy groups -OCH3 is 1. The Morgan fingerprint density at radius 3 is 2.47 bits per heavy atom. The molecule has 104 valence electrons. The van der Waals surface area contributed by atoms with E-state index in [4.69, 9.17) is 0 Å². The monoisotopic (exact) mass is 280 g/mol. The summed E-state index contributed by atoms with van der Waals surface area (Å²) in [6, 6.07) is 0.757. The molecule has 0 aromatic carbocycles. The van der Waals surface area contributed by atoms with Gasteiger partial charge in [0.15, 0.2) is 5.69 Å². The number of halogens is 3. The van der Waals surface area contributed by atoms with E-state index in [-0.39, 0.29) is 5.69 Å². The number of rotatable bonds is 3. The summed E-state index contributed by atoms with van der Waals surface area (Å²) < 4.78 is 44.3. The molecular weight excluding hydrogens is 273 g/mol. The fourth-order valence-corrected chi connectivity index (χ4v) is 1.23. The van der Waals surface area contributed by atoms with Gasteiger partial charge in [-0.3, -0.25) is 10.1 Å². The number of carbonyl (C=O) groups excluding carboxylic acids is 1. The minimum Gasteiger partial charge on any atom is -0.464 e. The summed E-state index contributed by atoms with van der Waals surface area (Å²) in [5.41, 5.74) is -1.96. The van der Waals surface area contributed by atoms with Gasteiger partial charge >= 0.3 is 18.0 Å². The molecule has 19 heavy (non-hydrogen) atoms. The topological polar surface area (TPSA) is 91.6 Å². The Labute approximate surface area is 104 Å². The van der Waals surface area contributed by atoms with Crippen LogP contribution >= 0.6 is 0 Å². The van der Waals surface area contributed by atoms with Crippen molar-refractivity contribution >= 4 is 11.7 Å². The number of carbonyl (C=O) groups is 1. The molecule has 0 N–H and O–H groups in total. The van der Waals surface area contributed by atoms with Crippen LogP contribution in [0.5, 0.6) is 5.75 Å². The van der Waals surface area contributed by atoms with E-state index in [1.54, 1.807) is 0 Å². The molecule has 0 spiro atoms. The van der Waals surface area contributed by atoms with Crippen LogP contribution in [0, 0.1) is 17.0 Å². The van der Waals surface area contributed by atoms with Crippen LogP contribution in [-0.2, 0) is 4.74 Å². The number of ether oxygens (including phenoxy) is 2. The maximum atomic E-state index is 12.2. The van der Waals surface area contributed by atoms with Crippen molar-refractivity contribution in [2.24, 2.45) is 0 Å². The molecule has 0 bridgehead atoms. The molecule has 0 aliphatic rings.